The molecule has 4 heteroatoms. The van der Waals surface area contributed by atoms with Gasteiger partial charge in [-0.25, -0.2) is 0 Å². The number of nitrogens with zero attached hydrogens (tertiary/aromatic N) is 3. The molecule has 0 aromatic heterocycles. The van der Waals surface area contributed by atoms with E-state index in [2.05, 4.69) is 125 Å². The number of hydrogen-bond acceptors (Lipinski definition) is 1. The molecule has 0 saturated carbocycles. The summed E-state index contributed by atoms with van der Waals surface area (Å²) in [6, 6.07) is 40.6. The highest BCUT2D eigenvalue weighted by Gasteiger charge is 2.31. The highest BCUT2D eigenvalue weighted by atomic mass is 15.1. The molecule has 4 rings (SSSR count). The van der Waals surface area contributed by atoms with Crippen molar-refractivity contribution in [3.05, 3.63) is 131 Å². The second-order valence-corrected chi connectivity index (χ2v) is 7.23. The Bertz CT molecular complexity index is 1010. The Morgan fingerprint density at radius 1 is 0.552 bits per heavy atom. The zero-order valence-electron chi connectivity index (χ0n) is 16.1. The Hall–Kier alpha value is -3.75. The number of hydrogen-bond donors (Lipinski definition) is 0. The van der Waals surface area contributed by atoms with Crippen LogP contribution in [0.3, 0.4) is 0 Å². The summed E-state index contributed by atoms with van der Waals surface area (Å²) in [5, 5.41) is 3.69. The highest BCUT2D eigenvalue weighted by Crippen LogP contribution is 2.10. The summed E-state index contributed by atoms with van der Waals surface area (Å²) in [5.74, 6) is 0. The molecule has 0 aliphatic carbocycles. The fourth-order valence-corrected chi connectivity index (χ4v) is 4.40. The van der Waals surface area contributed by atoms with Crippen molar-refractivity contribution in [3.63, 3.8) is 0 Å². The third kappa shape index (κ3) is 3.54. The van der Waals surface area contributed by atoms with Crippen molar-refractivity contribution in [2.75, 3.05) is 0 Å². The second kappa shape index (κ2) is 8.51. The van der Waals surface area contributed by atoms with E-state index in [1.165, 1.54) is 21.9 Å². The maximum absolute atomic E-state index is 8.62. The van der Waals surface area contributed by atoms with E-state index < -0.39 is 6.15 Å². The summed E-state index contributed by atoms with van der Waals surface area (Å²) in [7, 11) is 0. The van der Waals surface area contributed by atoms with Crippen LogP contribution in [0.1, 0.15) is 5.56 Å². The van der Waals surface area contributed by atoms with Crippen LogP contribution in [0.15, 0.2) is 120 Å². The largest absolute Gasteiger partial charge is 0.195 e. The molecule has 0 spiro atoms. The first-order valence-electron chi connectivity index (χ1n) is 9.78. The average Bonchev–Trinajstić information content (AvgIpc) is 2.81. The normalized spacial score (nSPS) is 10.9. The summed E-state index contributed by atoms with van der Waals surface area (Å²) < 4.78 is 0. The topological polar surface area (TPSA) is 48.8 Å². The maximum atomic E-state index is 8.62. The van der Waals surface area contributed by atoms with Crippen LogP contribution in [-0.2, 0) is 6.54 Å². The van der Waals surface area contributed by atoms with E-state index in [-0.39, 0.29) is 0 Å². The molecule has 0 N–H and O–H groups in total. The molecule has 0 saturated heterocycles. The van der Waals surface area contributed by atoms with Crippen LogP contribution in [0.25, 0.3) is 10.4 Å². The van der Waals surface area contributed by atoms with Gasteiger partial charge in [-0.15, -0.1) is 0 Å². The lowest BCUT2D eigenvalue weighted by molar-refractivity contribution is 1.05. The fraction of sp³-hybridized carbons (Fsp3) is 0.0400. The fourth-order valence-electron chi connectivity index (χ4n) is 4.40. The lowest BCUT2D eigenvalue weighted by Gasteiger charge is -2.44. The number of benzene rings is 4. The average molecular weight is 374 g/mol. The van der Waals surface area contributed by atoms with Crippen LogP contribution in [-0.4, -0.2) is 6.15 Å². The van der Waals surface area contributed by atoms with Crippen LogP contribution in [0.2, 0.25) is 0 Å². The summed E-state index contributed by atoms with van der Waals surface area (Å²) in [6.45, 7) is 0.360. The van der Waals surface area contributed by atoms with Crippen molar-refractivity contribution in [2.24, 2.45) is 5.11 Å². The van der Waals surface area contributed by atoms with Crippen LogP contribution in [0, 0.1) is 0 Å². The van der Waals surface area contributed by atoms with Crippen molar-refractivity contribution in [1.82, 2.24) is 0 Å². The van der Waals surface area contributed by atoms with Gasteiger partial charge in [0.25, 0.3) is 0 Å². The summed E-state index contributed by atoms with van der Waals surface area (Å²) >= 11 is 0. The first-order valence-corrected chi connectivity index (χ1v) is 9.78. The standard InChI is InChI=1S/C25H21BN3/c27-29-28-20-21-16-18-25(19-17-21)26(22-10-4-1-5-11-22,23-12-6-2-7-13-23)24-14-8-3-9-15-24/h1-19H,20H2/q-1. The molecule has 0 amide bonds. The van der Waals surface area contributed by atoms with E-state index in [0.29, 0.717) is 6.54 Å². The van der Waals surface area contributed by atoms with E-state index in [1.54, 1.807) is 0 Å². The molecule has 0 atom stereocenters. The molecule has 3 nitrogen and oxygen atoms in total. The van der Waals surface area contributed by atoms with Crippen molar-refractivity contribution in [1.29, 1.82) is 0 Å². The smallest absolute Gasteiger partial charge is 0.108 e. The molecule has 0 heterocycles. The number of rotatable bonds is 6. The molecular formula is C25H21BN3-. The van der Waals surface area contributed by atoms with Gasteiger partial charge in [-0.3, -0.25) is 0 Å². The summed E-state index contributed by atoms with van der Waals surface area (Å²) in [6.07, 6.45) is -1.35. The zero-order chi connectivity index (χ0) is 19.9. The van der Waals surface area contributed by atoms with Gasteiger partial charge >= 0.3 is 0 Å². The lowest BCUT2D eigenvalue weighted by Crippen LogP contribution is -2.74. The highest BCUT2D eigenvalue weighted by molar-refractivity contribution is 7.19. The first-order chi connectivity index (χ1) is 14.4. The second-order valence-electron chi connectivity index (χ2n) is 7.23. The minimum Gasteiger partial charge on any atom is -0.195 e. The molecule has 0 aliphatic rings. The Morgan fingerprint density at radius 3 is 1.31 bits per heavy atom. The molecule has 0 aliphatic heterocycles. The van der Waals surface area contributed by atoms with E-state index in [4.69, 9.17) is 5.53 Å². The van der Waals surface area contributed by atoms with E-state index in [9.17, 15) is 0 Å². The predicted molar refractivity (Wildman–Crippen MR) is 123 cm³/mol. The van der Waals surface area contributed by atoms with Crippen LogP contribution >= 0.6 is 0 Å². The van der Waals surface area contributed by atoms with Crippen molar-refractivity contribution in [2.45, 2.75) is 6.54 Å². The Labute approximate surface area is 171 Å². The maximum Gasteiger partial charge on any atom is 0.108 e. The molecule has 0 unspecified atom stereocenters. The van der Waals surface area contributed by atoms with Crippen molar-refractivity contribution >= 4 is 28.0 Å². The summed E-state index contributed by atoms with van der Waals surface area (Å²) in [4.78, 5) is 2.87. The lowest BCUT2D eigenvalue weighted by atomic mass is 9.13. The van der Waals surface area contributed by atoms with Crippen LogP contribution < -0.4 is 21.9 Å². The molecule has 140 valence electrons. The van der Waals surface area contributed by atoms with Gasteiger partial charge in [0, 0.05) is 4.91 Å². The van der Waals surface area contributed by atoms with Crippen molar-refractivity contribution in [3.8, 4) is 0 Å². The molecule has 0 radical (unpaired) electrons. The van der Waals surface area contributed by atoms with Gasteiger partial charge in [0.05, 0.1) is 6.54 Å². The third-order valence-electron chi connectivity index (χ3n) is 5.69. The minimum absolute atomic E-state index is 0.360. The monoisotopic (exact) mass is 374 g/mol. The van der Waals surface area contributed by atoms with Gasteiger partial charge in [-0.1, -0.05) is 120 Å². The van der Waals surface area contributed by atoms with Crippen molar-refractivity contribution < 1.29 is 0 Å². The minimum atomic E-state index is -1.35. The van der Waals surface area contributed by atoms with Gasteiger partial charge in [0.1, 0.15) is 6.15 Å². The molecule has 29 heavy (non-hydrogen) atoms. The van der Waals surface area contributed by atoms with E-state index in [0.717, 1.165) is 5.56 Å². The third-order valence-corrected chi connectivity index (χ3v) is 5.69. The van der Waals surface area contributed by atoms with Crippen LogP contribution in [0.5, 0.6) is 0 Å². The molecule has 4 aromatic rings. The Morgan fingerprint density at radius 2 is 0.931 bits per heavy atom. The molecule has 0 bridgehead atoms. The van der Waals surface area contributed by atoms with E-state index in [1.807, 2.05) is 0 Å². The van der Waals surface area contributed by atoms with Gasteiger partial charge in [0.2, 0.25) is 0 Å². The van der Waals surface area contributed by atoms with Crippen LogP contribution in [0.4, 0.5) is 0 Å². The van der Waals surface area contributed by atoms with Gasteiger partial charge in [-0.2, -0.15) is 21.9 Å². The molecule has 0 fully saturated rings. The Kier molecular flexibility index (Phi) is 5.46. The quantitative estimate of drug-likeness (QED) is 0.213. The Balaban J connectivity index is 2.02. The first kappa shape index (κ1) is 18.6. The number of azide groups is 1. The van der Waals surface area contributed by atoms with E-state index >= 15 is 0 Å². The molecule has 4 aromatic carbocycles. The zero-order valence-corrected chi connectivity index (χ0v) is 16.1. The summed E-state index contributed by atoms with van der Waals surface area (Å²) in [5.41, 5.74) is 14.7. The predicted octanol–water partition coefficient (Wildman–Crippen LogP) is 3.87. The van der Waals surface area contributed by atoms with Gasteiger partial charge < -0.3 is 0 Å². The van der Waals surface area contributed by atoms with Gasteiger partial charge in [-0.05, 0) is 11.1 Å². The van der Waals surface area contributed by atoms with Gasteiger partial charge in [0.15, 0.2) is 0 Å². The SMILES string of the molecule is [N-]=[N+]=NCc1ccc([B-](c2ccccc2)(c2ccccc2)c2ccccc2)cc1. The molecular weight excluding hydrogens is 353 g/mol.